The number of amides is 1. The summed E-state index contributed by atoms with van der Waals surface area (Å²) in [4.78, 5) is 12.4. The Morgan fingerprint density at radius 1 is 1.35 bits per heavy atom. The highest BCUT2D eigenvalue weighted by molar-refractivity contribution is 7.91. The monoisotopic (exact) mass is 377 g/mol. The third-order valence-electron chi connectivity index (χ3n) is 4.28. The van der Waals surface area contributed by atoms with Crippen LogP contribution in [0.5, 0.6) is 5.75 Å². The lowest BCUT2D eigenvalue weighted by molar-refractivity contribution is -0.115. The van der Waals surface area contributed by atoms with E-state index in [2.05, 4.69) is 10.4 Å². The predicted octanol–water partition coefficient (Wildman–Crippen LogP) is 2.13. The van der Waals surface area contributed by atoms with Gasteiger partial charge in [-0.05, 0) is 38.0 Å². The summed E-state index contributed by atoms with van der Waals surface area (Å²) in [5, 5.41) is 7.23. The fraction of sp³-hybridized carbons (Fsp3) is 0.444. The largest absolute Gasteiger partial charge is 0.494 e. The molecule has 1 aliphatic heterocycles. The number of anilines is 1. The molecule has 8 heteroatoms. The van der Waals surface area contributed by atoms with E-state index in [-0.39, 0.29) is 29.9 Å². The normalized spacial score (nSPS) is 18.6. The number of sulfone groups is 1. The Morgan fingerprint density at radius 2 is 2.08 bits per heavy atom. The van der Waals surface area contributed by atoms with Crippen LogP contribution in [0.3, 0.4) is 0 Å². The molecule has 1 unspecified atom stereocenters. The second-order valence-electron chi connectivity index (χ2n) is 6.47. The van der Waals surface area contributed by atoms with Crippen LogP contribution >= 0.6 is 0 Å². The summed E-state index contributed by atoms with van der Waals surface area (Å²) in [6.45, 7) is 4.34. The maximum atomic E-state index is 12.4. The molecule has 1 saturated heterocycles. The van der Waals surface area contributed by atoms with Gasteiger partial charge in [0.2, 0.25) is 5.91 Å². The molecule has 1 aliphatic rings. The number of benzene rings is 1. The van der Waals surface area contributed by atoms with Crippen LogP contribution in [0.4, 0.5) is 5.82 Å². The van der Waals surface area contributed by atoms with E-state index in [0.717, 1.165) is 17.0 Å². The lowest BCUT2D eigenvalue weighted by atomic mass is 10.1. The van der Waals surface area contributed by atoms with Gasteiger partial charge < -0.3 is 10.1 Å². The van der Waals surface area contributed by atoms with Gasteiger partial charge in [0.25, 0.3) is 0 Å². The second kappa shape index (κ2) is 7.49. The van der Waals surface area contributed by atoms with Gasteiger partial charge in [-0.1, -0.05) is 12.1 Å². The number of rotatable bonds is 6. The zero-order valence-corrected chi connectivity index (χ0v) is 15.8. The van der Waals surface area contributed by atoms with Crippen molar-refractivity contribution in [3.63, 3.8) is 0 Å². The summed E-state index contributed by atoms with van der Waals surface area (Å²) in [6.07, 6.45) is 0.741. The van der Waals surface area contributed by atoms with E-state index in [1.54, 1.807) is 10.7 Å². The van der Waals surface area contributed by atoms with E-state index in [1.165, 1.54) is 0 Å². The molecule has 26 heavy (non-hydrogen) atoms. The van der Waals surface area contributed by atoms with Crippen molar-refractivity contribution in [2.75, 3.05) is 23.4 Å². The van der Waals surface area contributed by atoms with E-state index < -0.39 is 9.84 Å². The highest BCUT2D eigenvalue weighted by atomic mass is 32.2. The Kier molecular flexibility index (Phi) is 5.31. The van der Waals surface area contributed by atoms with Gasteiger partial charge in [-0.15, -0.1) is 0 Å². The van der Waals surface area contributed by atoms with Crippen molar-refractivity contribution in [2.45, 2.75) is 32.7 Å². The van der Waals surface area contributed by atoms with Crippen molar-refractivity contribution in [1.29, 1.82) is 0 Å². The molecular formula is C18H23N3O4S. The van der Waals surface area contributed by atoms with Gasteiger partial charge in [-0.3, -0.25) is 4.79 Å². The standard InChI is InChI=1S/C18H23N3O4S/c1-3-25-16-6-4-14(5-7-16)11-18(22)19-17-10-13(2)20-21(17)15-8-9-26(23,24)12-15/h4-7,10,15H,3,8-9,11-12H2,1-2H3,(H,19,22). The molecule has 0 aliphatic carbocycles. The molecule has 1 N–H and O–H groups in total. The van der Waals surface area contributed by atoms with Crippen LogP contribution in [0.2, 0.25) is 0 Å². The summed E-state index contributed by atoms with van der Waals surface area (Å²) in [5.74, 6) is 1.37. The van der Waals surface area contributed by atoms with Crippen LogP contribution in [-0.2, 0) is 21.1 Å². The summed E-state index contributed by atoms with van der Waals surface area (Å²) >= 11 is 0. The maximum Gasteiger partial charge on any atom is 0.229 e. The van der Waals surface area contributed by atoms with Crippen molar-refractivity contribution in [1.82, 2.24) is 9.78 Å². The molecule has 7 nitrogen and oxygen atoms in total. The average molecular weight is 377 g/mol. The molecule has 1 aromatic heterocycles. The molecular weight excluding hydrogens is 354 g/mol. The number of carbonyl (C=O) groups is 1. The lowest BCUT2D eigenvalue weighted by Gasteiger charge is -2.14. The van der Waals surface area contributed by atoms with Crippen molar-refractivity contribution in [3.05, 3.63) is 41.6 Å². The first kappa shape index (κ1) is 18.4. The Morgan fingerprint density at radius 3 is 2.69 bits per heavy atom. The van der Waals surface area contributed by atoms with Crippen molar-refractivity contribution in [2.24, 2.45) is 0 Å². The average Bonchev–Trinajstić information content (AvgIpc) is 3.11. The van der Waals surface area contributed by atoms with E-state index in [0.29, 0.717) is 18.8 Å². The van der Waals surface area contributed by atoms with Gasteiger partial charge in [-0.2, -0.15) is 5.10 Å². The lowest BCUT2D eigenvalue weighted by Crippen LogP contribution is -2.20. The zero-order valence-electron chi connectivity index (χ0n) is 14.9. The molecule has 2 aromatic rings. The van der Waals surface area contributed by atoms with Crippen LogP contribution in [-0.4, -0.2) is 42.2 Å². The topological polar surface area (TPSA) is 90.3 Å². The first-order valence-corrected chi connectivity index (χ1v) is 10.5. The highest BCUT2D eigenvalue weighted by Gasteiger charge is 2.31. The number of carbonyl (C=O) groups excluding carboxylic acids is 1. The fourth-order valence-corrected chi connectivity index (χ4v) is 4.79. The van der Waals surface area contributed by atoms with Crippen molar-refractivity contribution in [3.8, 4) is 5.75 Å². The maximum absolute atomic E-state index is 12.4. The number of aryl methyl sites for hydroxylation is 1. The Balaban J connectivity index is 1.68. The quantitative estimate of drug-likeness (QED) is 0.833. The van der Waals surface area contributed by atoms with Crippen molar-refractivity contribution >= 4 is 21.6 Å². The predicted molar refractivity (Wildman–Crippen MR) is 99.2 cm³/mol. The summed E-state index contributed by atoms with van der Waals surface area (Å²) in [6, 6.07) is 8.93. The molecule has 1 amide bonds. The Labute approximate surface area is 153 Å². The van der Waals surface area contributed by atoms with Gasteiger partial charge in [-0.25, -0.2) is 13.1 Å². The van der Waals surface area contributed by atoms with Gasteiger partial charge in [0.15, 0.2) is 9.84 Å². The van der Waals surface area contributed by atoms with E-state index >= 15 is 0 Å². The fourth-order valence-electron chi connectivity index (χ4n) is 3.10. The Bertz CT molecular complexity index is 888. The minimum Gasteiger partial charge on any atom is -0.494 e. The molecule has 140 valence electrons. The Hall–Kier alpha value is -2.35. The molecule has 1 aromatic carbocycles. The third-order valence-corrected chi connectivity index (χ3v) is 6.03. The summed E-state index contributed by atoms with van der Waals surface area (Å²) < 4.78 is 30.5. The number of hydrogen-bond acceptors (Lipinski definition) is 5. The molecule has 3 rings (SSSR count). The van der Waals surface area contributed by atoms with Gasteiger partial charge >= 0.3 is 0 Å². The van der Waals surface area contributed by atoms with Crippen LogP contribution in [0.25, 0.3) is 0 Å². The molecule has 0 radical (unpaired) electrons. The number of nitrogens with one attached hydrogen (secondary N) is 1. The van der Waals surface area contributed by atoms with Crippen LogP contribution in [0, 0.1) is 6.92 Å². The molecule has 0 saturated carbocycles. The third kappa shape index (κ3) is 4.43. The van der Waals surface area contributed by atoms with Gasteiger partial charge in [0.05, 0.1) is 36.3 Å². The molecule has 1 fully saturated rings. The van der Waals surface area contributed by atoms with E-state index in [4.69, 9.17) is 4.74 Å². The number of nitrogens with zero attached hydrogens (tertiary/aromatic N) is 2. The van der Waals surface area contributed by atoms with E-state index in [1.807, 2.05) is 38.1 Å². The first-order valence-electron chi connectivity index (χ1n) is 8.64. The SMILES string of the molecule is CCOc1ccc(CC(=O)Nc2cc(C)nn2C2CCS(=O)(=O)C2)cc1. The van der Waals surface area contributed by atoms with Gasteiger partial charge in [0.1, 0.15) is 11.6 Å². The number of aromatic nitrogens is 2. The van der Waals surface area contributed by atoms with E-state index in [9.17, 15) is 13.2 Å². The van der Waals surface area contributed by atoms with Crippen LogP contribution in [0.15, 0.2) is 30.3 Å². The molecule has 1 atom stereocenters. The van der Waals surface area contributed by atoms with Gasteiger partial charge in [0, 0.05) is 6.07 Å². The molecule has 0 spiro atoms. The molecule has 0 bridgehead atoms. The first-order chi connectivity index (χ1) is 12.4. The minimum absolute atomic E-state index is 0.0654. The number of ether oxygens (including phenoxy) is 1. The van der Waals surface area contributed by atoms with Crippen LogP contribution in [0.1, 0.15) is 30.6 Å². The zero-order chi connectivity index (χ0) is 18.7. The smallest absolute Gasteiger partial charge is 0.229 e. The number of hydrogen-bond donors (Lipinski definition) is 1. The minimum atomic E-state index is -3.02. The molecule has 2 heterocycles. The highest BCUT2D eigenvalue weighted by Crippen LogP contribution is 2.27. The van der Waals surface area contributed by atoms with Crippen molar-refractivity contribution < 1.29 is 17.9 Å². The second-order valence-corrected chi connectivity index (χ2v) is 8.70. The summed E-state index contributed by atoms with van der Waals surface area (Å²) in [7, 11) is -3.02. The van der Waals surface area contributed by atoms with Crippen LogP contribution < -0.4 is 10.1 Å². The summed E-state index contributed by atoms with van der Waals surface area (Å²) in [5.41, 5.74) is 1.61.